The maximum absolute atomic E-state index is 13.2. The van der Waals surface area contributed by atoms with E-state index in [1.165, 1.54) is 5.56 Å². The van der Waals surface area contributed by atoms with Crippen LogP contribution in [-0.4, -0.2) is 39.3 Å². The highest BCUT2D eigenvalue weighted by Gasteiger charge is 2.55. The Morgan fingerprint density at radius 1 is 1.13 bits per heavy atom. The van der Waals surface area contributed by atoms with Crippen LogP contribution < -0.4 is 5.32 Å². The van der Waals surface area contributed by atoms with Crippen molar-refractivity contribution in [2.24, 2.45) is 5.92 Å². The number of urea groups is 1. The number of amides is 3. The third kappa shape index (κ3) is 3.15. The van der Waals surface area contributed by atoms with Crippen LogP contribution >= 0.6 is 0 Å². The molecule has 0 unspecified atom stereocenters. The molecule has 1 N–H and O–H groups in total. The van der Waals surface area contributed by atoms with Crippen LogP contribution in [0.15, 0.2) is 30.3 Å². The van der Waals surface area contributed by atoms with Gasteiger partial charge in [-0.05, 0) is 57.7 Å². The number of hydrogen-bond acceptors (Lipinski definition) is 3. The van der Waals surface area contributed by atoms with E-state index in [2.05, 4.69) is 5.32 Å². The van der Waals surface area contributed by atoms with Gasteiger partial charge < -0.3 is 9.88 Å². The van der Waals surface area contributed by atoms with Gasteiger partial charge in [0.05, 0.1) is 6.54 Å². The van der Waals surface area contributed by atoms with Crippen molar-refractivity contribution in [1.29, 1.82) is 0 Å². The van der Waals surface area contributed by atoms with E-state index in [1.807, 2.05) is 62.6 Å². The Bertz CT molecular complexity index is 1020. The quantitative estimate of drug-likeness (QED) is 0.613. The Morgan fingerprint density at radius 2 is 1.83 bits per heavy atom. The summed E-state index contributed by atoms with van der Waals surface area (Å²) in [6, 6.07) is 9.51. The molecule has 1 saturated carbocycles. The van der Waals surface area contributed by atoms with Crippen LogP contribution in [0.2, 0.25) is 0 Å². The van der Waals surface area contributed by atoms with Crippen molar-refractivity contribution in [2.75, 3.05) is 6.54 Å². The summed E-state index contributed by atoms with van der Waals surface area (Å²) in [5.74, 6) is -0.389. The van der Waals surface area contributed by atoms with E-state index < -0.39 is 11.6 Å². The summed E-state index contributed by atoms with van der Waals surface area (Å²) in [5, 5.41) is 2.92. The minimum absolute atomic E-state index is 0.0782. The van der Waals surface area contributed by atoms with Crippen LogP contribution in [0, 0.1) is 26.7 Å². The smallest absolute Gasteiger partial charge is 0.323 e. The fourth-order valence-electron chi connectivity index (χ4n) is 5.00. The highest BCUT2D eigenvalue weighted by atomic mass is 16.2. The van der Waals surface area contributed by atoms with Crippen molar-refractivity contribution in [3.63, 3.8) is 0 Å². The summed E-state index contributed by atoms with van der Waals surface area (Å²) < 4.78 is 2.03. The van der Waals surface area contributed by atoms with E-state index in [9.17, 15) is 14.4 Å². The van der Waals surface area contributed by atoms with E-state index in [0.717, 1.165) is 41.2 Å². The lowest BCUT2D eigenvalue weighted by Crippen LogP contribution is -2.54. The summed E-state index contributed by atoms with van der Waals surface area (Å²) in [6.07, 6.45) is 3.53. The van der Waals surface area contributed by atoms with Crippen molar-refractivity contribution in [3.8, 4) is 5.69 Å². The largest absolute Gasteiger partial charge is 0.325 e. The lowest BCUT2D eigenvalue weighted by molar-refractivity contribution is -0.133. The Labute approximate surface area is 177 Å². The summed E-state index contributed by atoms with van der Waals surface area (Å²) >= 11 is 0. The van der Waals surface area contributed by atoms with Crippen LogP contribution in [0.5, 0.6) is 0 Å². The molecule has 158 valence electrons. The van der Waals surface area contributed by atoms with Crippen LogP contribution in [-0.2, 0) is 4.79 Å². The standard InChI is InChI=1S/C24H29N3O3/c1-15-8-10-19(11-9-15)27-17(3)13-20(18(27)4)21(28)14-26-22(29)24(25-23(26)30)12-6-5-7-16(24)2/h8-11,13,16H,5-7,12,14H2,1-4H3,(H,25,30)/t16-,24+/m0/s1. The number of benzene rings is 1. The van der Waals surface area contributed by atoms with Gasteiger partial charge in [0.2, 0.25) is 0 Å². The molecule has 2 fully saturated rings. The number of aromatic nitrogens is 1. The molecule has 2 aromatic rings. The molecule has 0 bridgehead atoms. The van der Waals surface area contributed by atoms with Gasteiger partial charge in [0.25, 0.3) is 5.91 Å². The second-order valence-electron chi connectivity index (χ2n) is 8.82. The number of carbonyl (C=O) groups excluding carboxylic acids is 3. The summed E-state index contributed by atoms with van der Waals surface area (Å²) in [5.41, 5.74) is 3.62. The third-order valence-electron chi connectivity index (χ3n) is 6.83. The second kappa shape index (κ2) is 7.42. The first kappa shape index (κ1) is 20.4. The molecule has 0 radical (unpaired) electrons. The minimum atomic E-state index is -0.839. The molecular formula is C24H29N3O3. The average Bonchev–Trinajstić information content (AvgIpc) is 3.13. The first-order valence-electron chi connectivity index (χ1n) is 10.7. The molecule has 2 atom stereocenters. The molecule has 1 aromatic heterocycles. The maximum atomic E-state index is 13.2. The Hall–Kier alpha value is -2.89. The van der Waals surface area contributed by atoms with E-state index in [1.54, 1.807) is 0 Å². The highest BCUT2D eigenvalue weighted by Crippen LogP contribution is 2.38. The van der Waals surface area contributed by atoms with Crippen LogP contribution in [0.3, 0.4) is 0 Å². The summed E-state index contributed by atoms with van der Waals surface area (Å²) in [6.45, 7) is 7.67. The zero-order valence-corrected chi connectivity index (χ0v) is 18.1. The van der Waals surface area contributed by atoms with E-state index in [0.29, 0.717) is 12.0 Å². The maximum Gasteiger partial charge on any atom is 0.325 e. The molecule has 6 heteroatoms. The second-order valence-corrected chi connectivity index (χ2v) is 8.82. The average molecular weight is 408 g/mol. The number of ketones is 1. The molecule has 1 aliphatic carbocycles. The molecule has 3 amide bonds. The van der Waals surface area contributed by atoms with E-state index in [4.69, 9.17) is 0 Å². The predicted molar refractivity (Wildman–Crippen MR) is 115 cm³/mol. The number of carbonyl (C=O) groups is 3. The number of aryl methyl sites for hydroxylation is 2. The number of imide groups is 1. The normalized spacial score (nSPS) is 23.9. The van der Waals surface area contributed by atoms with Gasteiger partial charge in [-0.1, -0.05) is 37.5 Å². The molecule has 1 aliphatic heterocycles. The van der Waals surface area contributed by atoms with Gasteiger partial charge in [0, 0.05) is 22.6 Å². The van der Waals surface area contributed by atoms with Gasteiger partial charge >= 0.3 is 6.03 Å². The van der Waals surface area contributed by atoms with E-state index in [-0.39, 0.29) is 24.2 Å². The Morgan fingerprint density at radius 3 is 2.50 bits per heavy atom. The molecule has 2 aliphatic rings. The highest BCUT2D eigenvalue weighted by molar-refractivity contribution is 6.11. The Balaban J connectivity index is 1.59. The number of rotatable bonds is 4. The van der Waals surface area contributed by atoms with Crippen LogP contribution in [0.1, 0.15) is 59.9 Å². The fraction of sp³-hybridized carbons (Fsp3) is 0.458. The molecule has 2 heterocycles. The first-order valence-corrected chi connectivity index (χ1v) is 10.7. The number of Topliss-reactive ketones (excluding diaryl/α,β-unsaturated/α-hetero) is 1. The molecule has 30 heavy (non-hydrogen) atoms. The van der Waals surface area contributed by atoms with Crippen molar-refractivity contribution in [3.05, 3.63) is 52.8 Å². The summed E-state index contributed by atoms with van der Waals surface area (Å²) in [4.78, 5) is 40.0. The van der Waals surface area contributed by atoms with Crippen molar-refractivity contribution in [1.82, 2.24) is 14.8 Å². The number of nitrogens with zero attached hydrogens (tertiary/aromatic N) is 2. The molecular weight excluding hydrogens is 378 g/mol. The predicted octanol–water partition coefficient (Wildman–Crippen LogP) is 4.09. The summed E-state index contributed by atoms with van der Waals surface area (Å²) in [7, 11) is 0. The zero-order valence-electron chi connectivity index (χ0n) is 18.1. The van der Waals surface area contributed by atoms with Gasteiger partial charge in [-0.2, -0.15) is 0 Å². The third-order valence-corrected chi connectivity index (χ3v) is 6.83. The van der Waals surface area contributed by atoms with Gasteiger partial charge in [-0.25, -0.2) is 4.79 Å². The fourth-order valence-corrected chi connectivity index (χ4v) is 5.00. The lowest BCUT2D eigenvalue weighted by Gasteiger charge is -2.36. The lowest BCUT2D eigenvalue weighted by atomic mass is 9.73. The minimum Gasteiger partial charge on any atom is -0.323 e. The topological polar surface area (TPSA) is 71.4 Å². The van der Waals surface area contributed by atoms with Crippen molar-refractivity contribution in [2.45, 2.75) is 58.9 Å². The first-order chi connectivity index (χ1) is 14.2. The molecule has 4 rings (SSSR count). The van der Waals surface area contributed by atoms with E-state index >= 15 is 0 Å². The van der Waals surface area contributed by atoms with Gasteiger partial charge in [-0.3, -0.25) is 14.5 Å². The van der Waals surface area contributed by atoms with Crippen LogP contribution in [0.4, 0.5) is 4.79 Å². The molecule has 6 nitrogen and oxygen atoms in total. The van der Waals surface area contributed by atoms with Crippen molar-refractivity contribution < 1.29 is 14.4 Å². The molecule has 1 saturated heterocycles. The van der Waals surface area contributed by atoms with Gasteiger partial charge in [-0.15, -0.1) is 0 Å². The Kier molecular flexibility index (Phi) is 5.04. The zero-order chi connectivity index (χ0) is 21.6. The SMILES string of the molecule is Cc1ccc(-n2c(C)cc(C(=O)CN3C(=O)N[C@@]4(CCCC[C@@H]4C)C3=O)c2C)cc1. The number of nitrogens with one attached hydrogen (secondary N) is 1. The van der Waals surface area contributed by atoms with Gasteiger partial charge in [0.1, 0.15) is 5.54 Å². The van der Waals surface area contributed by atoms with Crippen LogP contribution in [0.25, 0.3) is 5.69 Å². The van der Waals surface area contributed by atoms with Crippen molar-refractivity contribution >= 4 is 17.7 Å². The molecule has 1 aromatic carbocycles. The monoisotopic (exact) mass is 407 g/mol. The molecule has 1 spiro atoms. The van der Waals surface area contributed by atoms with Gasteiger partial charge in [0.15, 0.2) is 5.78 Å². The number of hydrogen-bond donors (Lipinski definition) is 1.